The van der Waals surface area contributed by atoms with Gasteiger partial charge in [-0.2, -0.15) is 0 Å². The number of anilines is 1. The van der Waals surface area contributed by atoms with Crippen molar-refractivity contribution in [3.63, 3.8) is 0 Å². The van der Waals surface area contributed by atoms with Crippen LogP contribution in [0.1, 0.15) is 16.8 Å². The van der Waals surface area contributed by atoms with Crippen LogP contribution >= 0.6 is 27.7 Å². The predicted molar refractivity (Wildman–Crippen MR) is 91.7 cm³/mol. The lowest BCUT2D eigenvalue weighted by Gasteiger charge is -2.16. The highest BCUT2D eigenvalue weighted by molar-refractivity contribution is 9.10. The molecule has 1 aliphatic heterocycles. The van der Waals surface area contributed by atoms with Crippen LogP contribution in [0.25, 0.3) is 0 Å². The molecule has 0 spiro atoms. The van der Waals surface area contributed by atoms with Gasteiger partial charge in [-0.3, -0.25) is 9.59 Å². The van der Waals surface area contributed by atoms with Crippen LogP contribution in [0.4, 0.5) is 5.69 Å². The number of aromatic carboxylic acids is 1. The maximum absolute atomic E-state index is 12.6. The Balaban J connectivity index is 1.86. The van der Waals surface area contributed by atoms with Gasteiger partial charge in [-0.25, -0.2) is 4.90 Å². The smallest absolute Gasteiger partial charge is 0.247 e. The van der Waals surface area contributed by atoms with Crippen molar-refractivity contribution in [1.29, 1.82) is 0 Å². The van der Waals surface area contributed by atoms with Gasteiger partial charge < -0.3 is 9.90 Å². The monoisotopic (exact) mass is 404 g/mol. The molecule has 0 aliphatic carbocycles. The molecule has 0 unspecified atom stereocenters. The van der Waals surface area contributed by atoms with Crippen LogP contribution in [0.15, 0.2) is 57.9 Å². The number of hydrogen-bond donors (Lipinski definition) is 0. The molecule has 5 nitrogen and oxygen atoms in total. The summed E-state index contributed by atoms with van der Waals surface area (Å²) in [7, 11) is 0. The predicted octanol–water partition coefficient (Wildman–Crippen LogP) is 2.24. The van der Waals surface area contributed by atoms with Gasteiger partial charge in [0, 0.05) is 21.4 Å². The number of thioether (sulfide) groups is 1. The van der Waals surface area contributed by atoms with Crippen LogP contribution in [0, 0.1) is 0 Å². The van der Waals surface area contributed by atoms with Crippen molar-refractivity contribution in [1.82, 2.24) is 0 Å². The van der Waals surface area contributed by atoms with Crippen molar-refractivity contribution >= 4 is 51.2 Å². The summed E-state index contributed by atoms with van der Waals surface area (Å²) < 4.78 is 0.763. The standard InChI is InChI=1S/C17H12BrNO4S/c18-10-4-3-5-11(8-10)19-15(20)9-14(16(19)21)24-13-7-2-1-6-12(13)17(22)23/h1-8,14H,9H2,(H,22,23)/p-1/t14-/m1/s1. The number of carbonyl (C=O) groups is 3. The van der Waals surface area contributed by atoms with E-state index < -0.39 is 11.2 Å². The Labute approximate surface area is 150 Å². The largest absolute Gasteiger partial charge is 0.545 e. The van der Waals surface area contributed by atoms with E-state index in [2.05, 4.69) is 15.9 Å². The molecule has 1 atom stereocenters. The molecule has 1 fully saturated rings. The zero-order valence-corrected chi connectivity index (χ0v) is 14.7. The SMILES string of the molecule is O=C([O-])c1ccccc1S[C@@H]1CC(=O)N(c2cccc(Br)c2)C1=O. The first kappa shape index (κ1) is 16.7. The van der Waals surface area contributed by atoms with Crippen molar-refractivity contribution in [3.05, 3.63) is 58.6 Å². The first-order valence-corrected chi connectivity index (χ1v) is 8.74. The van der Waals surface area contributed by atoms with Crippen LogP contribution in [-0.2, 0) is 9.59 Å². The lowest BCUT2D eigenvalue weighted by atomic mass is 10.2. The molecule has 0 saturated carbocycles. The Hall–Kier alpha value is -2.12. The minimum Gasteiger partial charge on any atom is -0.545 e. The van der Waals surface area contributed by atoms with Crippen LogP contribution in [-0.4, -0.2) is 23.0 Å². The van der Waals surface area contributed by atoms with Gasteiger partial charge in [-0.05, 0) is 24.3 Å². The normalized spacial score (nSPS) is 17.4. The number of halogens is 1. The third-order valence-corrected chi connectivity index (χ3v) is 5.30. The molecule has 0 aromatic heterocycles. The number of imide groups is 1. The molecule has 0 radical (unpaired) electrons. The number of rotatable bonds is 4. The number of carboxylic acid groups (broad SMARTS) is 1. The Morgan fingerprint density at radius 1 is 1.17 bits per heavy atom. The molecule has 1 saturated heterocycles. The van der Waals surface area contributed by atoms with E-state index in [1.165, 1.54) is 6.07 Å². The van der Waals surface area contributed by atoms with Crippen LogP contribution in [0.3, 0.4) is 0 Å². The highest BCUT2D eigenvalue weighted by Crippen LogP contribution is 2.35. The molecule has 24 heavy (non-hydrogen) atoms. The van der Waals surface area contributed by atoms with E-state index in [4.69, 9.17) is 0 Å². The van der Waals surface area contributed by atoms with E-state index in [0.717, 1.165) is 21.1 Å². The molecule has 2 aromatic rings. The minimum atomic E-state index is -1.31. The number of hydrogen-bond acceptors (Lipinski definition) is 5. The lowest BCUT2D eigenvalue weighted by molar-refractivity contribution is -0.255. The first-order chi connectivity index (χ1) is 11.5. The van der Waals surface area contributed by atoms with Crippen LogP contribution in [0.2, 0.25) is 0 Å². The Morgan fingerprint density at radius 2 is 1.92 bits per heavy atom. The summed E-state index contributed by atoms with van der Waals surface area (Å²) in [6.45, 7) is 0. The average Bonchev–Trinajstić information content (AvgIpc) is 2.81. The number of carboxylic acids is 1. The van der Waals surface area contributed by atoms with Crippen LogP contribution in [0.5, 0.6) is 0 Å². The Kier molecular flexibility index (Phi) is 4.73. The molecule has 7 heteroatoms. The number of nitrogens with zero attached hydrogens (tertiary/aromatic N) is 1. The van der Waals surface area contributed by atoms with Crippen molar-refractivity contribution in [3.8, 4) is 0 Å². The molecule has 0 bridgehead atoms. The quantitative estimate of drug-likeness (QED) is 0.730. The van der Waals surface area contributed by atoms with Crippen molar-refractivity contribution < 1.29 is 19.5 Å². The highest BCUT2D eigenvalue weighted by Gasteiger charge is 2.40. The van der Waals surface area contributed by atoms with Gasteiger partial charge >= 0.3 is 0 Å². The van der Waals surface area contributed by atoms with E-state index in [1.807, 2.05) is 0 Å². The summed E-state index contributed by atoms with van der Waals surface area (Å²) in [5.74, 6) is -1.96. The summed E-state index contributed by atoms with van der Waals surface area (Å²) in [6.07, 6.45) is 0.0252. The molecule has 3 rings (SSSR count). The van der Waals surface area contributed by atoms with E-state index in [-0.39, 0.29) is 23.8 Å². The van der Waals surface area contributed by atoms with Gasteiger partial charge in [0.05, 0.1) is 16.9 Å². The fourth-order valence-electron chi connectivity index (χ4n) is 2.47. The fraction of sp³-hybridized carbons (Fsp3) is 0.118. The fourth-order valence-corrected chi connectivity index (χ4v) is 4.04. The number of benzene rings is 2. The number of carbonyl (C=O) groups excluding carboxylic acids is 3. The second-order valence-electron chi connectivity index (χ2n) is 5.14. The van der Waals surface area contributed by atoms with Gasteiger partial charge in [0.2, 0.25) is 11.8 Å². The topological polar surface area (TPSA) is 77.5 Å². The molecular weight excluding hydrogens is 394 g/mol. The van der Waals surface area contributed by atoms with Crippen LogP contribution < -0.4 is 10.0 Å². The van der Waals surface area contributed by atoms with E-state index in [1.54, 1.807) is 42.5 Å². The van der Waals surface area contributed by atoms with Gasteiger partial charge in [0.15, 0.2) is 0 Å². The molecule has 2 aromatic carbocycles. The second-order valence-corrected chi connectivity index (χ2v) is 7.30. The zero-order chi connectivity index (χ0) is 17.3. The van der Waals surface area contributed by atoms with Crippen molar-refractivity contribution in [2.45, 2.75) is 16.6 Å². The lowest BCUT2D eigenvalue weighted by Crippen LogP contribution is -2.31. The molecular formula is C17H11BrNO4S-. The minimum absolute atomic E-state index is 0.0173. The molecule has 1 aliphatic rings. The van der Waals surface area contributed by atoms with E-state index >= 15 is 0 Å². The maximum Gasteiger partial charge on any atom is 0.247 e. The van der Waals surface area contributed by atoms with Gasteiger partial charge in [0.1, 0.15) is 0 Å². The zero-order valence-electron chi connectivity index (χ0n) is 12.3. The molecule has 1 heterocycles. The Morgan fingerprint density at radius 3 is 2.62 bits per heavy atom. The van der Waals surface area contributed by atoms with E-state index in [9.17, 15) is 19.5 Å². The third kappa shape index (κ3) is 3.22. The average molecular weight is 405 g/mol. The molecule has 2 amide bonds. The maximum atomic E-state index is 12.6. The van der Waals surface area contributed by atoms with Gasteiger partial charge in [-0.15, -0.1) is 11.8 Å². The van der Waals surface area contributed by atoms with Crippen molar-refractivity contribution in [2.75, 3.05) is 4.90 Å². The van der Waals surface area contributed by atoms with Gasteiger partial charge in [0.25, 0.3) is 0 Å². The summed E-state index contributed by atoms with van der Waals surface area (Å²) in [6, 6.07) is 13.2. The molecule has 122 valence electrons. The van der Waals surface area contributed by atoms with E-state index in [0.29, 0.717) is 10.6 Å². The Bertz CT molecular complexity index is 839. The van der Waals surface area contributed by atoms with Crippen molar-refractivity contribution in [2.24, 2.45) is 0 Å². The molecule has 0 N–H and O–H groups in total. The first-order valence-electron chi connectivity index (χ1n) is 7.07. The highest BCUT2D eigenvalue weighted by atomic mass is 79.9. The number of amides is 2. The van der Waals surface area contributed by atoms with Gasteiger partial charge in [-0.1, -0.05) is 40.2 Å². The summed E-state index contributed by atoms with van der Waals surface area (Å²) >= 11 is 4.39. The third-order valence-electron chi connectivity index (χ3n) is 3.55. The second kappa shape index (κ2) is 6.78. The summed E-state index contributed by atoms with van der Waals surface area (Å²) in [5, 5.41) is 10.5. The summed E-state index contributed by atoms with van der Waals surface area (Å²) in [5.41, 5.74) is 0.513. The summed E-state index contributed by atoms with van der Waals surface area (Å²) in [4.78, 5) is 37.6.